The van der Waals surface area contributed by atoms with E-state index in [0.29, 0.717) is 17.9 Å². The van der Waals surface area contributed by atoms with E-state index in [1.807, 2.05) is 19.1 Å². The maximum atomic E-state index is 12.2. The highest BCUT2D eigenvalue weighted by Crippen LogP contribution is 2.24. The van der Waals surface area contributed by atoms with Gasteiger partial charge < -0.3 is 15.8 Å². The summed E-state index contributed by atoms with van der Waals surface area (Å²) in [7, 11) is 0. The number of amides is 1. The fraction of sp³-hybridized carbons (Fsp3) is 0.533. The number of hydrogen-bond donors (Lipinski definition) is 2. The lowest BCUT2D eigenvalue weighted by Crippen LogP contribution is -2.45. The summed E-state index contributed by atoms with van der Waals surface area (Å²) in [5, 5.41) is 3.06. The highest BCUT2D eigenvalue weighted by Gasteiger charge is 2.29. The van der Waals surface area contributed by atoms with Crippen molar-refractivity contribution in [1.29, 1.82) is 0 Å². The second-order valence-corrected chi connectivity index (χ2v) is 5.84. The van der Waals surface area contributed by atoms with Gasteiger partial charge in [-0.25, -0.2) is 0 Å². The van der Waals surface area contributed by atoms with Crippen LogP contribution in [0.3, 0.4) is 0 Å². The van der Waals surface area contributed by atoms with Crippen LogP contribution >= 0.6 is 0 Å². The van der Waals surface area contributed by atoms with E-state index in [1.165, 1.54) is 0 Å². The molecule has 0 aliphatic carbocycles. The summed E-state index contributed by atoms with van der Waals surface area (Å²) in [6.45, 7) is 6.72. The molecule has 3 N–H and O–H groups in total. The van der Waals surface area contributed by atoms with Gasteiger partial charge in [0.05, 0.1) is 5.60 Å². The average molecular weight is 262 g/mol. The number of nitrogen functional groups attached to an aromatic ring is 1. The number of hydrogen-bond acceptors (Lipinski definition) is 3. The average Bonchev–Trinajstić information content (AvgIpc) is 2.31. The Morgan fingerprint density at radius 1 is 1.47 bits per heavy atom. The van der Waals surface area contributed by atoms with Crippen molar-refractivity contribution in [3.8, 4) is 0 Å². The van der Waals surface area contributed by atoms with Crippen molar-refractivity contribution in [2.45, 2.75) is 45.3 Å². The van der Waals surface area contributed by atoms with Gasteiger partial charge in [0, 0.05) is 23.9 Å². The van der Waals surface area contributed by atoms with Crippen molar-refractivity contribution < 1.29 is 9.53 Å². The Bertz CT molecular complexity index is 483. The van der Waals surface area contributed by atoms with Crippen molar-refractivity contribution in [3.63, 3.8) is 0 Å². The van der Waals surface area contributed by atoms with Gasteiger partial charge in [0.1, 0.15) is 0 Å². The van der Waals surface area contributed by atoms with E-state index < -0.39 is 0 Å². The van der Waals surface area contributed by atoms with Crippen LogP contribution < -0.4 is 11.1 Å². The SMILES string of the molecule is Cc1ccc(C(=O)NC2CCOC(C)(C)C2)cc1N. The van der Waals surface area contributed by atoms with Gasteiger partial charge in [-0.1, -0.05) is 6.07 Å². The van der Waals surface area contributed by atoms with Crippen LogP contribution in [0.5, 0.6) is 0 Å². The van der Waals surface area contributed by atoms with Gasteiger partial charge in [-0.2, -0.15) is 0 Å². The van der Waals surface area contributed by atoms with Gasteiger partial charge in [0.15, 0.2) is 0 Å². The number of anilines is 1. The number of rotatable bonds is 2. The molecule has 104 valence electrons. The number of benzene rings is 1. The molecule has 1 unspecified atom stereocenters. The number of ether oxygens (including phenoxy) is 1. The first-order valence-electron chi connectivity index (χ1n) is 6.68. The summed E-state index contributed by atoms with van der Waals surface area (Å²) < 4.78 is 5.65. The smallest absolute Gasteiger partial charge is 0.251 e. The topological polar surface area (TPSA) is 64.3 Å². The van der Waals surface area contributed by atoms with E-state index in [4.69, 9.17) is 10.5 Å². The third-order valence-corrected chi connectivity index (χ3v) is 3.57. The predicted molar refractivity (Wildman–Crippen MR) is 76.1 cm³/mol. The first-order chi connectivity index (χ1) is 8.87. The lowest BCUT2D eigenvalue weighted by atomic mass is 9.93. The van der Waals surface area contributed by atoms with Crippen molar-refractivity contribution in [3.05, 3.63) is 29.3 Å². The third kappa shape index (κ3) is 3.47. The number of nitrogens with two attached hydrogens (primary N) is 1. The Balaban J connectivity index is 2.02. The molecule has 1 atom stereocenters. The highest BCUT2D eigenvalue weighted by atomic mass is 16.5. The fourth-order valence-electron chi connectivity index (χ4n) is 2.41. The molecule has 19 heavy (non-hydrogen) atoms. The Morgan fingerprint density at radius 3 is 2.84 bits per heavy atom. The largest absolute Gasteiger partial charge is 0.398 e. The molecule has 1 fully saturated rings. The van der Waals surface area contributed by atoms with Crippen LogP contribution in [-0.4, -0.2) is 24.2 Å². The van der Waals surface area contributed by atoms with E-state index in [-0.39, 0.29) is 17.6 Å². The van der Waals surface area contributed by atoms with E-state index in [9.17, 15) is 4.79 Å². The van der Waals surface area contributed by atoms with E-state index in [2.05, 4.69) is 19.2 Å². The first-order valence-corrected chi connectivity index (χ1v) is 6.68. The second kappa shape index (κ2) is 5.21. The van der Waals surface area contributed by atoms with Crippen molar-refractivity contribution in [2.75, 3.05) is 12.3 Å². The summed E-state index contributed by atoms with van der Waals surface area (Å²) >= 11 is 0. The molecule has 1 amide bonds. The number of nitrogens with one attached hydrogen (secondary N) is 1. The molecule has 4 nitrogen and oxygen atoms in total. The number of carbonyl (C=O) groups is 1. The van der Waals surface area contributed by atoms with Gasteiger partial charge in [0.2, 0.25) is 0 Å². The third-order valence-electron chi connectivity index (χ3n) is 3.57. The zero-order valence-corrected chi connectivity index (χ0v) is 11.8. The summed E-state index contributed by atoms with van der Waals surface area (Å²) in [6.07, 6.45) is 1.69. The van der Waals surface area contributed by atoms with Crippen LogP contribution in [0, 0.1) is 6.92 Å². The Morgan fingerprint density at radius 2 is 2.21 bits per heavy atom. The molecule has 1 heterocycles. The molecule has 0 radical (unpaired) electrons. The molecule has 4 heteroatoms. The lowest BCUT2D eigenvalue weighted by Gasteiger charge is -2.35. The highest BCUT2D eigenvalue weighted by molar-refractivity contribution is 5.95. The molecule has 0 spiro atoms. The van der Waals surface area contributed by atoms with Crippen molar-refractivity contribution >= 4 is 11.6 Å². The van der Waals surface area contributed by atoms with Crippen molar-refractivity contribution in [1.82, 2.24) is 5.32 Å². The molecular formula is C15H22N2O2. The Hall–Kier alpha value is -1.55. The first kappa shape index (κ1) is 13.9. The van der Waals surface area contributed by atoms with Gasteiger partial charge >= 0.3 is 0 Å². The summed E-state index contributed by atoms with van der Waals surface area (Å²) in [4.78, 5) is 12.2. The molecule has 0 aromatic heterocycles. The van der Waals surface area contributed by atoms with Gasteiger partial charge in [-0.15, -0.1) is 0 Å². The van der Waals surface area contributed by atoms with E-state index >= 15 is 0 Å². The molecule has 1 aliphatic rings. The standard InChI is InChI=1S/C15H22N2O2/c1-10-4-5-11(8-13(10)16)14(18)17-12-6-7-19-15(2,3)9-12/h4-5,8,12H,6-7,9,16H2,1-3H3,(H,17,18). The maximum Gasteiger partial charge on any atom is 0.251 e. The summed E-state index contributed by atoms with van der Waals surface area (Å²) in [6, 6.07) is 5.58. The molecule has 0 saturated carbocycles. The molecule has 1 saturated heterocycles. The summed E-state index contributed by atoms with van der Waals surface area (Å²) in [5.41, 5.74) is 7.93. The van der Waals surface area contributed by atoms with Gasteiger partial charge in [-0.05, 0) is 51.3 Å². The lowest BCUT2D eigenvalue weighted by molar-refractivity contribution is -0.0615. The molecule has 0 bridgehead atoms. The zero-order valence-electron chi connectivity index (χ0n) is 11.8. The zero-order chi connectivity index (χ0) is 14.0. The van der Waals surface area contributed by atoms with Gasteiger partial charge in [-0.3, -0.25) is 4.79 Å². The van der Waals surface area contributed by atoms with Crippen LogP contribution in [0.2, 0.25) is 0 Å². The van der Waals surface area contributed by atoms with Crippen LogP contribution in [0.25, 0.3) is 0 Å². The van der Waals surface area contributed by atoms with Crippen LogP contribution in [0.4, 0.5) is 5.69 Å². The Kier molecular flexibility index (Phi) is 3.80. The molecule has 1 aliphatic heterocycles. The molecule has 1 aromatic rings. The molecule has 1 aromatic carbocycles. The fourth-order valence-corrected chi connectivity index (χ4v) is 2.41. The minimum atomic E-state index is -0.164. The number of carbonyl (C=O) groups excluding carboxylic acids is 1. The second-order valence-electron chi connectivity index (χ2n) is 5.84. The van der Waals surface area contributed by atoms with E-state index in [1.54, 1.807) is 6.07 Å². The quantitative estimate of drug-likeness (QED) is 0.804. The maximum absolute atomic E-state index is 12.2. The van der Waals surface area contributed by atoms with Gasteiger partial charge in [0.25, 0.3) is 5.91 Å². The predicted octanol–water partition coefficient (Wildman–Crippen LogP) is 2.26. The Labute approximate surface area is 114 Å². The normalized spacial score (nSPS) is 21.9. The minimum Gasteiger partial charge on any atom is -0.398 e. The summed E-state index contributed by atoms with van der Waals surface area (Å²) in [5.74, 6) is -0.0607. The molecular weight excluding hydrogens is 240 g/mol. The molecule has 2 rings (SSSR count). The van der Waals surface area contributed by atoms with E-state index in [0.717, 1.165) is 18.4 Å². The van der Waals surface area contributed by atoms with Crippen LogP contribution in [-0.2, 0) is 4.74 Å². The number of aryl methyl sites for hydroxylation is 1. The van der Waals surface area contributed by atoms with Crippen molar-refractivity contribution in [2.24, 2.45) is 0 Å². The van der Waals surface area contributed by atoms with Crippen LogP contribution in [0.15, 0.2) is 18.2 Å². The minimum absolute atomic E-state index is 0.0607. The van der Waals surface area contributed by atoms with Crippen LogP contribution in [0.1, 0.15) is 42.6 Å². The monoisotopic (exact) mass is 262 g/mol.